The molecular weight excluding hydrogens is 431 g/mol. The van der Waals surface area contributed by atoms with Gasteiger partial charge >= 0.3 is 0 Å². The van der Waals surface area contributed by atoms with Gasteiger partial charge in [-0.15, -0.1) is 24.0 Å². The summed E-state index contributed by atoms with van der Waals surface area (Å²) in [6, 6.07) is 1.28. The number of hydrogen-bond acceptors (Lipinski definition) is 4. The fourth-order valence-corrected chi connectivity index (χ4v) is 3.21. The highest BCUT2D eigenvalue weighted by Gasteiger charge is 2.30. The van der Waals surface area contributed by atoms with Crippen LogP contribution in [0.25, 0.3) is 0 Å². The van der Waals surface area contributed by atoms with Gasteiger partial charge in [0.1, 0.15) is 6.10 Å². The molecule has 2 unspecified atom stereocenters. The molecule has 2 heterocycles. The zero-order valence-corrected chi connectivity index (χ0v) is 18.0. The molecule has 0 amide bonds. The molecule has 0 spiro atoms. The average molecular weight is 462 g/mol. The summed E-state index contributed by atoms with van der Waals surface area (Å²) in [6.07, 6.45) is 6.64. The van der Waals surface area contributed by atoms with Gasteiger partial charge in [0.05, 0.1) is 19.3 Å². The lowest BCUT2D eigenvalue weighted by Gasteiger charge is -2.35. The van der Waals surface area contributed by atoms with Crippen LogP contribution in [-0.4, -0.2) is 78.0 Å². The zero-order valence-electron chi connectivity index (χ0n) is 15.7. The molecule has 2 atom stereocenters. The smallest absolute Gasteiger partial charge is 0.193 e. The van der Waals surface area contributed by atoms with Crippen molar-refractivity contribution in [1.29, 1.82) is 0 Å². The summed E-state index contributed by atoms with van der Waals surface area (Å²) in [5.74, 6) is 0.961. The molecule has 1 aromatic rings. The first-order valence-corrected chi connectivity index (χ1v) is 8.86. The van der Waals surface area contributed by atoms with E-state index in [0.717, 1.165) is 37.2 Å². The largest absolute Gasteiger partial charge is 0.370 e. The molecule has 0 radical (unpaired) electrons. The van der Waals surface area contributed by atoms with Crippen molar-refractivity contribution < 1.29 is 4.74 Å². The summed E-state index contributed by atoms with van der Waals surface area (Å²) < 4.78 is 7.74. The van der Waals surface area contributed by atoms with E-state index in [1.54, 1.807) is 0 Å². The van der Waals surface area contributed by atoms with E-state index in [4.69, 9.17) is 4.74 Å². The molecule has 1 saturated heterocycles. The maximum Gasteiger partial charge on any atom is 0.193 e. The van der Waals surface area contributed by atoms with Crippen LogP contribution in [-0.2, 0) is 11.8 Å². The SMILES string of the molecule is CN=C(NCC(C)N(C)C1CC1)N1CCOC(c2cnn(C)c2)C1.I. The van der Waals surface area contributed by atoms with Gasteiger partial charge in [0.15, 0.2) is 5.96 Å². The van der Waals surface area contributed by atoms with Crippen molar-refractivity contribution in [3.8, 4) is 0 Å². The van der Waals surface area contributed by atoms with Crippen LogP contribution in [0.5, 0.6) is 0 Å². The molecule has 3 rings (SSSR count). The summed E-state index contributed by atoms with van der Waals surface area (Å²) in [5, 5.41) is 7.79. The third kappa shape index (κ3) is 5.30. The Hall–Kier alpha value is -0.870. The Kier molecular flexibility index (Phi) is 7.51. The average Bonchev–Trinajstić information content (AvgIpc) is 3.36. The standard InChI is InChI=1S/C17H30N6O.HI/c1-13(22(4)15-5-6-15)9-19-17(18-2)23-7-8-24-16(12-23)14-10-20-21(3)11-14;/h10-11,13,15-16H,5-9,12H2,1-4H3,(H,18,19);1H. The maximum atomic E-state index is 5.92. The Bertz CT molecular complexity index is 573. The third-order valence-electron chi connectivity index (χ3n) is 5.05. The molecule has 142 valence electrons. The molecule has 1 saturated carbocycles. The number of nitrogens with one attached hydrogen (secondary N) is 1. The van der Waals surface area contributed by atoms with Crippen molar-refractivity contribution >= 4 is 29.9 Å². The number of aliphatic imine (C=N–C) groups is 1. The summed E-state index contributed by atoms with van der Waals surface area (Å²) in [7, 11) is 6.01. The Balaban J connectivity index is 0.00000225. The van der Waals surface area contributed by atoms with Crippen LogP contribution < -0.4 is 5.32 Å². The van der Waals surface area contributed by atoms with E-state index >= 15 is 0 Å². The van der Waals surface area contributed by atoms with Crippen LogP contribution >= 0.6 is 24.0 Å². The van der Waals surface area contributed by atoms with Crippen LogP contribution in [0, 0.1) is 0 Å². The summed E-state index contributed by atoms with van der Waals surface area (Å²) in [4.78, 5) is 9.23. The van der Waals surface area contributed by atoms with Crippen LogP contribution in [0.15, 0.2) is 17.4 Å². The van der Waals surface area contributed by atoms with E-state index in [2.05, 4.69) is 39.2 Å². The van der Waals surface area contributed by atoms with E-state index in [1.165, 1.54) is 12.8 Å². The van der Waals surface area contributed by atoms with Crippen LogP contribution in [0.1, 0.15) is 31.4 Å². The van der Waals surface area contributed by atoms with Gasteiger partial charge < -0.3 is 15.0 Å². The monoisotopic (exact) mass is 462 g/mol. The topological polar surface area (TPSA) is 57.9 Å². The molecule has 1 aliphatic carbocycles. The molecule has 0 aromatic carbocycles. The quantitative estimate of drug-likeness (QED) is 0.408. The molecule has 25 heavy (non-hydrogen) atoms. The van der Waals surface area contributed by atoms with Gasteiger partial charge in [-0.05, 0) is 26.8 Å². The number of morpholine rings is 1. The molecule has 2 aliphatic rings. The highest BCUT2D eigenvalue weighted by atomic mass is 127. The normalized spacial score (nSPS) is 22.7. The van der Waals surface area contributed by atoms with E-state index in [-0.39, 0.29) is 30.1 Å². The minimum atomic E-state index is 0. The van der Waals surface area contributed by atoms with Gasteiger partial charge in [-0.25, -0.2) is 0 Å². The van der Waals surface area contributed by atoms with Gasteiger partial charge in [0.2, 0.25) is 0 Å². The van der Waals surface area contributed by atoms with Gasteiger partial charge in [0.25, 0.3) is 0 Å². The van der Waals surface area contributed by atoms with Crippen LogP contribution in [0.4, 0.5) is 0 Å². The fourth-order valence-electron chi connectivity index (χ4n) is 3.21. The second-order valence-corrected chi connectivity index (χ2v) is 6.93. The maximum absolute atomic E-state index is 5.92. The Labute approximate surface area is 167 Å². The Morgan fingerprint density at radius 1 is 1.52 bits per heavy atom. The number of likely N-dealkylation sites (N-methyl/N-ethyl adjacent to an activating group) is 1. The summed E-state index contributed by atoms with van der Waals surface area (Å²) >= 11 is 0. The molecule has 2 fully saturated rings. The lowest BCUT2D eigenvalue weighted by atomic mass is 10.1. The molecule has 8 heteroatoms. The molecule has 1 aliphatic heterocycles. The van der Waals surface area contributed by atoms with Crippen molar-refractivity contribution in [2.75, 3.05) is 40.3 Å². The van der Waals surface area contributed by atoms with E-state index in [9.17, 15) is 0 Å². The number of nitrogens with zero attached hydrogens (tertiary/aromatic N) is 5. The van der Waals surface area contributed by atoms with Crippen molar-refractivity contribution in [3.05, 3.63) is 18.0 Å². The van der Waals surface area contributed by atoms with Gasteiger partial charge in [0, 0.05) is 51.0 Å². The first-order chi connectivity index (χ1) is 11.6. The van der Waals surface area contributed by atoms with Gasteiger partial charge in [-0.1, -0.05) is 0 Å². The Morgan fingerprint density at radius 3 is 2.88 bits per heavy atom. The fraction of sp³-hybridized carbons (Fsp3) is 0.765. The van der Waals surface area contributed by atoms with Gasteiger partial charge in [-0.2, -0.15) is 5.10 Å². The third-order valence-corrected chi connectivity index (χ3v) is 5.05. The van der Waals surface area contributed by atoms with Crippen molar-refractivity contribution in [1.82, 2.24) is 24.9 Å². The van der Waals surface area contributed by atoms with Crippen LogP contribution in [0.2, 0.25) is 0 Å². The lowest BCUT2D eigenvalue weighted by Crippen LogP contribution is -2.51. The summed E-state index contributed by atoms with van der Waals surface area (Å²) in [6.45, 7) is 5.56. The molecule has 0 bridgehead atoms. The lowest BCUT2D eigenvalue weighted by molar-refractivity contribution is -0.00811. The second-order valence-electron chi connectivity index (χ2n) is 6.93. The second kappa shape index (κ2) is 9.18. The molecular formula is C17H31IN6O. The van der Waals surface area contributed by atoms with E-state index < -0.39 is 0 Å². The number of guanidine groups is 1. The van der Waals surface area contributed by atoms with Gasteiger partial charge in [-0.3, -0.25) is 14.6 Å². The number of hydrogen-bond donors (Lipinski definition) is 1. The number of aromatic nitrogens is 2. The zero-order chi connectivity index (χ0) is 17.1. The van der Waals surface area contributed by atoms with Crippen molar-refractivity contribution in [3.63, 3.8) is 0 Å². The number of halogens is 1. The Morgan fingerprint density at radius 2 is 2.28 bits per heavy atom. The predicted molar refractivity (Wildman–Crippen MR) is 110 cm³/mol. The van der Waals surface area contributed by atoms with Crippen LogP contribution in [0.3, 0.4) is 0 Å². The molecule has 7 nitrogen and oxygen atoms in total. The van der Waals surface area contributed by atoms with E-state index in [0.29, 0.717) is 12.6 Å². The number of ether oxygens (including phenoxy) is 1. The minimum absolute atomic E-state index is 0. The van der Waals surface area contributed by atoms with Crippen molar-refractivity contribution in [2.24, 2.45) is 12.0 Å². The molecule has 1 N–H and O–H groups in total. The number of rotatable bonds is 5. The first-order valence-electron chi connectivity index (χ1n) is 8.86. The first kappa shape index (κ1) is 20.4. The molecule has 1 aromatic heterocycles. The van der Waals surface area contributed by atoms with Crippen molar-refractivity contribution in [2.45, 2.75) is 38.0 Å². The minimum Gasteiger partial charge on any atom is -0.370 e. The predicted octanol–water partition coefficient (Wildman–Crippen LogP) is 1.47. The number of aryl methyl sites for hydroxylation is 1. The highest BCUT2D eigenvalue weighted by molar-refractivity contribution is 14.0. The van der Waals surface area contributed by atoms with E-state index in [1.807, 2.05) is 31.2 Å². The highest BCUT2D eigenvalue weighted by Crippen LogP contribution is 2.26. The summed E-state index contributed by atoms with van der Waals surface area (Å²) in [5.41, 5.74) is 1.12.